The molecule has 1 N–H and O–H groups in total. The fraction of sp³-hybridized carbons (Fsp3) is 0.129. The lowest BCUT2D eigenvalue weighted by molar-refractivity contribution is 0.414. The molecule has 0 saturated carbocycles. The van der Waals surface area contributed by atoms with Crippen LogP contribution in [0, 0.1) is 11.6 Å². The topological polar surface area (TPSA) is 104 Å². The standard InChI is InChI=1S/C31H24F2N6O3/c1-18(29-37-25-11-8-21(33)15-24(25)31(41)39(29)22-5-3-4-20(32)14-22)36-28-27-26(40)12-13-38(30(27)35-17-34-28)16-19-6-9-23(42-2)10-7-19/h3-15,17-18H,16H2,1-2H3,(H,34,35,36)/t18-/m0/s1. The summed E-state index contributed by atoms with van der Waals surface area (Å²) in [6.07, 6.45) is 3.01. The summed E-state index contributed by atoms with van der Waals surface area (Å²) in [5, 5.41) is 3.50. The van der Waals surface area contributed by atoms with E-state index in [1.54, 1.807) is 26.3 Å². The number of hydrogen-bond acceptors (Lipinski definition) is 7. The molecule has 0 aliphatic carbocycles. The summed E-state index contributed by atoms with van der Waals surface area (Å²) in [6, 6.07) is 17.5. The highest BCUT2D eigenvalue weighted by molar-refractivity contribution is 5.86. The van der Waals surface area contributed by atoms with E-state index in [1.165, 1.54) is 47.3 Å². The SMILES string of the molecule is COc1ccc(Cn2ccc(=O)c3c(N[C@@H](C)c4nc5ccc(F)cc5c(=O)n4-c4cccc(F)c4)ncnc32)cc1. The average Bonchev–Trinajstić information content (AvgIpc) is 2.99. The van der Waals surface area contributed by atoms with Crippen LogP contribution < -0.4 is 21.0 Å². The minimum atomic E-state index is -0.705. The Labute approximate surface area is 237 Å². The smallest absolute Gasteiger partial charge is 0.266 e. The van der Waals surface area contributed by atoms with Gasteiger partial charge in [-0.25, -0.2) is 23.7 Å². The van der Waals surface area contributed by atoms with Crippen LogP contribution in [0.5, 0.6) is 5.75 Å². The van der Waals surface area contributed by atoms with Crippen molar-refractivity contribution in [3.8, 4) is 11.4 Å². The number of ether oxygens (including phenoxy) is 1. The molecule has 210 valence electrons. The second-order valence-corrected chi connectivity index (χ2v) is 9.69. The van der Waals surface area contributed by atoms with Gasteiger partial charge in [-0.15, -0.1) is 0 Å². The van der Waals surface area contributed by atoms with Gasteiger partial charge in [0.05, 0.1) is 29.7 Å². The molecule has 0 saturated heterocycles. The number of nitrogens with one attached hydrogen (secondary N) is 1. The van der Waals surface area contributed by atoms with E-state index in [-0.39, 0.29) is 39.0 Å². The molecule has 0 radical (unpaired) electrons. The Hall–Kier alpha value is -5.45. The van der Waals surface area contributed by atoms with E-state index in [9.17, 15) is 18.4 Å². The molecular formula is C31H24F2N6O3. The Morgan fingerprint density at radius 1 is 0.952 bits per heavy atom. The number of hydrogen-bond donors (Lipinski definition) is 1. The minimum absolute atomic E-state index is 0.0455. The molecule has 11 heteroatoms. The normalized spacial score (nSPS) is 12.0. The molecule has 3 heterocycles. The molecule has 9 nitrogen and oxygen atoms in total. The molecule has 0 aliphatic rings. The van der Waals surface area contributed by atoms with Gasteiger partial charge in [-0.05, 0) is 61.0 Å². The summed E-state index contributed by atoms with van der Waals surface area (Å²) in [5.74, 6) is 0.0382. The van der Waals surface area contributed by atoms with Gasteiger partial charge in [-0.3, -0.25) is 14.2 Å². The maximum absolute atomic E-state index is 14.2. The van der Waals surface area contributed by atoms with Gasteiger partial charge < -0.3 is 14.6 Å². The molecule has 6 rings (SSSR count). The fourth-order valence-corrected chi connectivity index (χ4v) is 4.90. The minimum Gasteiger partial charge on any atom is -0.497 e. The van der Waals surface area contributed by atoms with E-state index < -0.39 is 23.2 Å². The van der Waals surface area contributed by atoms with Crippen molar-refractivity contribution in [3.63, 3.8) is 0 Å². The van der Waals surface area contributed by atoms with E-state index in [2.05, 4.69) is 20.3 Å². The predicted octanol–water partition coefficient (Wildman–Crippen LogP) is 5.00. The summed E-state index contributed by atoms with van der Waals surface area (Å²) in [7, 11) is 1.60. The quantitative estimate of drug-likeness (QED) is 0.290. The highest BCUT2D eigenvalue weighted by atomic mass is 19.1. The molecule has 0 unspecified atom stereocenters. The third kappa shape index (κ3) is 4.96. The second kappa shape index (κ2) is 10.8. The van der Waals surface area contributed by atoms with Crippen molar-refractivity contribution in [2.45, 2.75) is 19.5 Å². The highest BCUT2D eigenvalue weighted by Crippen LogP contribution is 2.25. The number of anilines is 1. The number of fused-ring (bicyclic) bond motifs is 2. The van der Waals surface area contributed by atoms with Gasteiger partial charge in [0, 0.05) is 18.8 Å². The molecule has 0 bridgehead atoms. The average molecular weight is 567 g/mol. The van der Waals surface area contributed by atoms with Crippen molar-refractivity contribution in [3.05, 3.63) is 129 Å². The number of aromatic nitrogens is 5. The molecule has 1 atom stereocenters. The second-order valence-electron chi connectivity index (χ2n) is 9.69. The first kappa shape index (κ1) is 26.8. The lowest BCUT2D eigenvalue weighted by Gasteiger charge is -2.21. The zero-order chi connectivity index (χ0) is 29.4. The predicted molar refractivity (Wildman–Crippen MR) is 155 cm³/mol. The highest BCUT2D eigenvalue weighted by Gasteiger charge is 2.21. The summed E-state index contributed by atoms with van der Waals surface area (Å²) in [4.78, 5) is 40.1. The van der Waals surface area contributed by atoms with Crippen LogP contribution in [-0.4, -0.2) is 31.2 Å². The summed E-state index contributed by atoms with van der Waals surface area (Å²) in [5.41, 5.74) is 1.01. The Kier molecular flexibility index (Phi) is 6.91. The van der Waals surface area contributed by atoms with Crippen molar-refractivity contribution in [2.75, 3.05) is 12.4 Å². The van der Waals surface area contributed by atoms with Gasteiger partial charge in [0.15, 0.2) is 5.43 Å². The van der Waals surface area contributed by atoms with Crippen LogP contribution in [0.25, 0.3) is 27.6 Å². The molecule has 0 amide bonds. The Morgan fingerprint density at radius 2 is 1.74 bits per heavy atom. The number of methoxy groups -OCH3 is 1. The molecule has 0 spiro atoms. The maximum Gasteiger partial charge on any atom is 0.266 e. The van der Waals surface area contributed by atoms with E-state index in [0.717, 1.165) is 17.4 Å². The lowest BCUT2D eigenvalue weighted by Crippen LogP contribution is -2.28. The van der Waals surface area contributed by atoms with Crippen molar-refractivity contribution >= 4 is 27.8 Å². The van der Waals surface area contributed by atoms with Crippen LogP contribution in [0.4, 0.5) is 14.6 Å². The number of benzene rings is 3. The first-order valence-corrected chi connectivity index (χ1v) is 13.0. The van der Waals surface area contributed by atoms with Crippen LogP contribution in [0.15, 0.2) is 94.9 Å². The van der Waals surface area contributed by atoms with Crippen LogP contribution in [0.3, 0.4) is 0 Å². The van der Waals surface area contributed by atoms with E-state index in [4.69, 9.17) is 4.74 Å². The molecule has 3 aromatic carbocycles. The Morgan fingerprint density at radius 3 is 2.50 bits per heavy atom. The van der Waals surface area contributed by atoms with Crippen LogP contribution in [0.1, 0.15) is 24.4 Å². The molecule has 6 aromatic rings. The summed E-state index contributed by atoms with van der Waals surface area (Å²) in [6.45, 7) is 2.17. The van der Waals surface area contributed by atoms with Gasteiger partial charge in [-0.1, -0.05) is 18.2 Å². The number of rotatable bonds is 7. The number of halogens is 2. The first-order valence-electron chi connectivity index (χ1n) is 13.0. The summed E-state index contributed by atoms with van der Waals surface area (Å²) < 4.78 is 36.6. The molecule has 0 aliphatic heterocycles. The third-order valence-corrected chi connectivity index (χ3v) is 6.93. The van der Waals surface area contributed by atoms with Gasteiger partial charge in [-0.2, -0.15) is 0 Å². The molecule has 3 aromatic heterocycles. The monoisotopic (exact) mass is 566 g/mol. The van der Waals surface area contributed by atoms with Crippen LogP contribution in [-0.2, 0) is 6.54 Å². The maximum atomic E-state index is 14.2. The van der Waals surface area contributed by atoms with E-state index in [1.807, 2.05) is 28.8 Å². The van der Waals surface area contributed by atoms with Crippen molar-refractivity contribution in [1.82, 2.24) is 24.1 Å². The first-order chi connectivity index (χ1) is 20.3. The zero-order valence-electron chi connectivity index (χ0n) is 22.6. The largest absolute Gasteiger partial charge is 0.497 e. The van der Waals surface area contributed by atoms with E-state index in [0.29, 0.717) is 12.2 Å². The van der Waals surface area contributed by atoms with Crippen molar-refractivity contribution in [1.29, 1.82) is 0 Å². The zero-order valence-corrected chi connectivity index (χ0v) is 22.6. The van der Waals surface area contributed by atoms with E-state index >= 15 is 0 Å². The fourth-order valence-electron chi connectivity index (χ4n) is 4.90. The molecule has 42 heavy (non-hydrogen) atoms. The van der Waals surface area contributed by atoms with Gasteiger partial charge in [0.25, 0.3) is 5.56 Å². The number of pyridine rings is 1. The van der Waals surface area contributed by atoms with Gasteiger partial charge >= 0.3 is 0 Å². The third-order valence-electron chi connectivity index (χ3n) is 6.93. The molecule has 0 fully saturated rings. The lowest BCUT2D eigenvalue weighted by atomic mass is 10.2. The van der Waals surface area contributed by atoms with Crippen LogP contribution >= 0.6 is 0 Å². The summed E-state index contributed by atoms with van der Waals surface area (Å²) >= 11 is 0. The number of nitrogens with zero attached hydrogens (tertiary/aromatic N) is 5. The Bertz CT molecular complexity index is 2080. The Balaban J connectivity index is 1.45. The van der Waals surface area contributed by atoms with Crippen molar-refractivity contribution in [2.24, 2.45) is 0 Å². The van der Waals surface area contributed by atoms with Crippen molar-refractivity contribution < 1.29 is 13.5 Å². The van der Waals surface area contributed by atoms with Gasteiger partial charge in [0.1, 0.15) is 46.4 Å². The molecular weight excluding hydrogens is 542 g/mol. The van der Waals surface area contributed by atoms with Gasteiger partial charge in [0.2, 0.25) is 0 Å². The van der Waals surface area contributed by atoms with Crippen LogP contribution in [0.2, 0.25) is 0 Å².